The average Bonchev–Trinajstić information content (AvgIpc) is 2.08. The van der Waals surface area contributed by atoms with Gasteiger partial charge >= 0.3 is 0 Å². The van der Waals surface area contributed by atoms with E-state index in [9.17, 15) is 4.79 Å². The van der Waals surface area contributed by atoms with Crippen molar-refractivity contribution in [1.82, 2.24) is 4.90 Å². The second kappa shape index (κ2) is 4.28. The number of likely N-dealkylation sites (tertiary alicyclic amines) is 1. The highest BCUT2D eigenvalue weighted by molar-refractivity contribution is 5.84. The van der Waals surface area contributed by atoms with Gasteiger partial charge in [-0.2, -0.15) is 0 Å². The van der Waals surface area contributed by atoms with E-state index in [1.54, 1.807) is 6.92 Å². The summed E-state index contributed by atoms with van der Waals surface area (Å²) in [7, 11) is 0. The van der Waals surface area contributed by atoms with Crippen molar-refractivity contribution in [3.63, 3.8) is 0 Å². The smallest absolute Gasteiger partial charge is 0.238 e. The number of primary amides is 1. The van der Waals surface area contributed by atoms with Crippen molar-refractivity contribution in [2.75, 3.05) is 19.6 Å². The van der Waals surface area contributed by atoms with Gasteiger partial charge in [-0.05, 0) is 38.8 Å². The standard InChI is InChI=1S/C10H21N3O/c1-8-3-5-13(6-4-8)7-10(2,12)9(11)14/h8H,3-7,12H2,1-2H3,(H2,11,14). The predicted octanol–water partition coefficient (Wildman–Crippen LogP) is -0.0790. The van der Waals surface area contributed by atoms with Crippen molar-refractivity contribution in [2.24, 2.45) is 17.4 Å². The molecular weight excluding hydrogens is 178 g/mol. The molecule has 1 rings (SSSR count). The molecule has 1 amide bonds. The fourth-order valence-corrected chi connectivity index (χ4v) is 1.76. The summed E-state index contributed by atoms with van der Waals surface area (Å²) in [6, 6.07) is 0. The first-order valence-electron chi connectivity index (χ1n) is 5.23. The number of amides is 1. The molecule has 1 atom stereocenters. The molecule has 82 valence electrons. The molecule has 1 aliphatic rings. The molecule has 0 bridgehead atoms. The third-order valence-electron chi connectivity index (χ3n) is 2.99. The Bertz CT molecular complexity index is 207. The van der Waals surface area contributed by atoms with E-state index in [2.05, 4.69) is 11.8 Å². The number of rotatable bonds is 3. The summed E-state index contributed by atoms with van der Waals surface area (Å²) >= 11 is 0. The van der Waals surface area contributed by atoms with Crippen molar-refractivity contribution < 1.29 is 4.79 Å². The number of carbonyl (C=O) groups excluding carboxylic acids is 1. The van der Waals surface area contributed by atoms with E-state index in [0.29, 0.717) is 6.54 Å². The van der Waals surface area contributed by atoms with Crippen molar-refractivity contribution in [3.8, 4) is 0 Å². The van der Waals surface area contributed by atoms with Crippen molar-refractivity contribution in [3.05, 3.63) is 0 Å². The number of nitrogens with two attached hydrogens (primary N) is 2. The van der Waals surface area contributed by atoms with Crippen LogP contribution in [0.2, 0.25) is 0 Å². The molecule has 0 radical (unpaired) electrons. The van der Waals surface area contributed by atoms with E-state index in [0.717, 1.165) is 19.0 Å². The Hall–Kier alpha value is -0.610. The Balaban J connectivity index is 2.41. The third kappa shape index (κ3) is 2.96. The average molecular weight is 199 g/mol. The lowest BCUT2D eigenvalue weighted by atomic mass is 9.96. The fraction of sp³-hybridized carbons (Fsp3) is 0.900. The number of hydrogen-bond donors (Lipinski definition) is 2. The summed E-state index contributed by atoms with van der Waals surface area (Å²) < 4.78 is 0. The van der Waals surface area contributed by atoms with E-state index >= 15 is 0 Å². The lowest BCUT2D eigenvalue weighted by molar-refractivity contribution is -0.123. The van der Waals surface area contributed by atoms with E-state index in [-0.39, 0.29) is 0 Å². The molecule has 1 unspecified atom stereocenters. The maximum Gasteiger partial charge on any atom is 0.238 e. The molecule has 1 saturated heterocycles. The zero-order valence-corrected chi connectivity index (χ0v) is 9.12. The summed E-state index contributed by atoms with van der Waals surface area (Å²) in [5, 5.41) is 0. The Labute approximate surface area is 85.6 Å². The zero-order chi connectivity index (χ0) is 10.8. The van der Waals surface area contributed by atoms with Gasteiger partial charge in [-0.15, -0.1) is 0 Å². The Kier molecular flexibility index (Phi) is 3.50. The molecule has 0 aromatic rings. The lowest BCUT2D eigenvalue weighted by Crippen LogP contribution is -2.57. The lowest BCUT2D eigenvalue weighted by Gasteiger charge is -2.34. The monoisotopic (exact) mass is 199 g/mol. The van der Waals surface area contributed by atoms with Crippen molar-refractivity contribution >= 4 is 5.91 Å². The van der Waals surface area contributed by atoms with Gasteiger partial charge in [0, 0.05) is 6.54 Å². The molecule has 4 heteroatoms. The third-order valence-corrected chi connectivity index (χ3v) is 2.99. The second-order valence-electron chi connectivity index (χ2n) is 4.74. The molecule has 0 saturated carbocycles. The van der Waals surface area contributed by atoms with E-state index < -0.39 is 11.4 Å². The Morgan fingerprint density at radius 3 is 2.43 bits per heavy atom. The van der Waals surface area contributed by atoms with Gasteiger partial charge in [0.1, 0.15) is 5.54 Å². The molecule has 1 fully saturated rings. The Morgan fingerprint density at radius 1 is 1.50 bits per heavy atom. The van der Waals surface area contributed by atoms with Crippen LogP contribution in [0.25, 0.3) is 0 Å². The number of nitrogens with zero attached hydrogens (tertiary/aromatic N) is 1. The SMILES string of the molecule is CC1CCN(CC(C)(N)C(N)=O)CC1. The molecule has 0 aromatic carbocycles. The van der Waals surface area contributed by atoms with Crippen molar-refractivity contribution in [1.29, 1.82) is 0 Å². The fourth-order valence-electron chi connectivity index (χ4n) is 1.76. The van der Waals surface area contributed by atoms with Gasteiger partial charge in [-0.3, -0.25) is 4.79 Å². The van der Waals surface area contributed by atoms with Gasteiger partial charge in [-0.25, -0.2) is 0 Å². The molecule has 14 heavy (non-hydrogen) atoms. The zero-order valence-electron chi connectivity index (χ0n) is 9.12. The summed E-state index contributed by atoms with van der Waals surface area (Å²) in [5.41, 5.74) is 10.1. The van der Waals surface area contributed by atoms with Gasteiger partial charge in [-0.1, -0.05) is 6.92 Å². The molecular formula is C10H21N3O. The highest BCUT2D eigenvalue weighted by atomic mass is 16.1. The molecule has 0 aromatic heterocycles. The minimum absolute atomic E-state index is 0.420. The molecule has 1 aliphatic heterocycles. The van der Waals surface area contributed by atoms with E-state index in [1.807, 2.05) is 0 Å². The topological polar surface area (TPSA) is 72.3 Å². The van der Waals surface area contributed by atoms with E-state index in [4.69, 9.17) is 11.5 Å². The maximum absolute atomic E-state index is 11.0. The molecule has 4 N–H and O–H groups in total. The minimum atomic E-state index is -0.888. The van der Waals surface area contributed by atoms with Crippen molar-refractivity contribution in [2.45, 2.75) is 32.2 Å². The van der Waals surface area contributed by atoms with Crippen LogP contribution in [-0.2, 0) is 4.79 Å². The van der Waals surface area contributed by atoms with Crippen LogP contribution in [0, 0.1) is 5.92 Å². The number of carbonyl (C=O) groups is 1. The molecule has 0 spiro atoms. The number of hydrogen-bond acceptors (Lipinski definition) is 3. The van der Waals surface area contributed by atoms with Crippen LogP contribution in [0.3, 0.4) is 0 Å². The predicted molar refractivity (Wildman–Crippen MR) is 56.6 cm³/mol. The summed E-state index contributed by atoms with van der Waals surface area (Å²) in [5.74, 6) is 0.375. The van der Waals surface area contributed by atoms with Crippen LogP contribution in [0.4, 0.5) is 0 Å². The first-order valence-corrected chi connectivity index (χ1v) is 5.23. The largest absolute Gasteiger partial charge is 0.368 e. The van der Waals surface area contributed by atoms with Crippen LogP contribution in [-0.4, -0.2) is 36.0 Å². The summed E-state index contributed by atoms with van der Waals surface area (Å²) in [6.45, 7) is 6.60. The van der Waals surface area contributed by atoms with Gasteiger partial charge in [0.15, 0.2) is 0 Å². The quantitative estimate of drug-likeness (QED) is 0.668. The van der Waals surface area contributed by atoms with Crippen LogP contribution < -0.4 is 11.5 Å². The second-order valence-corrected chi connectivity index (χ2v) is 4.74. The number of piperidine rings is 1. The highest BCUT2D eigenvalue weighted by Gasteiger charge is 2.29. The first kappa shape index (κ1) is 11.5. The van der Waals surface area contributed by atoms with E-state index in [1.165, 1.54) is 12.8 Å². The highest BCUT2D eigenvalue weighted by Crippen LogP contribution is 2.17. The Morgan fingerprint density at radius 2 is 2.00 bits per heavy atom. The van der Waals surface area contributed by atoms with Crippen LogP contribution in [0.15, 0.2) is 0 Å². The summed E-state index contributed by atoms with van der Waals surface area (Å²) in [6.07, 6.45) is 2.38. The maximum atomic E-state index is 11.0. The van der Waals surface area contributed by atoms with Gasteiger partial charge in [0.25, 0.3) is 0 Å². The molecule has 1 heterocycles. The normalized spacial score (nSPS) is 24.5. The first-order chi connectivity index (χ1) is 6.42. The molecule has 4 nitrogen and oxygen atoms in total. The van der Waals surface area contributed by atoms with Gasteiger partial charge in [0.2, 0.25) is 5.91 Å². The van der Waals surface area contributed by atoms with Gasteiger partial charge in [0.05, 0.1) is 0 Å². The summed E-state index contributed by atoms with van der Waals surface area (Å²) in [4.78, 5) is 13.3. The minimum Gasteiger partial charge on any atom is -0.368 e. The van der Waals surface area contributed by atoms with Gasteiger partial charge < -0.3 is 16.4 Å². The van der Waals surface area contributed by atoms with Crippen LogP contribution in [0.1, 0.15) is 26.7 Å². The van der Waals surface area contributed by atoms with Crippen LogP contribution >= 0.6 is 0 Å². The molecule has 0 aliphatic carbocycles. The van der Waals surface area contributed by atoms with Crippen LogP contribution in [0.5, 0.6) is 0 Å².